The van der Waals surface area contributed by atoms with Crippen molar-refractivity contribution in [1.82, 2.24) is 15.5 Å². The topological polar surface area (TPSA) is 99.8 Å². The molecule has 3 rings (SSSR count). The molecule has 1 atom stereocenters. The van der Waals surface area contributed by atoms with Crippen LogP contribution in [0.1, 0.15) is 23.2 Å². The molecule has 33 heavy (non-hydrogen) atoms. The Morgan fingerprint density at radius 1 is 1.09 bits per heavy atom. The van der Waals surface area contributed by atoms with Gasteiger partial charge in [-0.1, -0.05) is 35.9 Å². The average molecular weight is 473 g/mol. The number of amides is 4. The standard InChI is InChI=1S/C24H29ClN4O4/c1-33-15-12-26-23(31)21(28-22(30)18-6-3-2-4-7-18)17-10-13-29(14-11-17)24(32)27-20-9-5-8-19(25)16-20/h2-9,16-17,21H,10-15H2,1H3,(H,26,31)(H,27,32)(H,28,30). The molecule has 8 nitrogen and oxygen atoms in total. The molecule has 4 amide bonds. The van der Waals surface area contributed by atoms with Crippen molar-refractivity contribution in [2.45, 2.75) is 18.9 Å². The van der Waals surface area contributed by atoms with Crippen molar-refractivity contribution in [2.75, 3.05) is 38.7 Å². The Bertz CT molecular complexity index is 948. The fourth-order valence-electron chi connectivity index (χ4n) is 3.80. The smallest absolute Gasteiger partial charge is 0.321 e. The fraction of sp³-hybridized carbons (Fsp3) is 0.375. The summed E-state index contributed by atoms with van der Waals surface area (Å²) in [5.74, 6) is -0.655. The highest BCUT2D eigenvalue weighted by molar-refractivity contribution is 6.30. The quantitative estimate of drug-likeness (QED) is 0.514. The van der Waals surface area contributed by atoms with E-state index in [0.29, 0.717) is 55.4 Å². The number of piperidine rings is 1. The van der Waals surface area contributed by atoms with Gasteiger partial charge in [0.1, 0.15) is 6.04 Å². The van der Waals surface area contributed by atoms with E-state index >= 15 is 0 Å². The Labute approximate surface area is 198 Å². The summed E-state index contributed by atoms with van der Waals surface area (Å²) < 4.78 is 5.00. The first-order chi connectivity index (χ1) is 16.0. The van der Waals surface area contributed by atoms with Crippen molar-refractivity contribution < 1.29 is 19.1 Å². The third-order valence-corrected chi connectivity index (χ3v) is 5.82. The van der Waals surface area contributed by atoms with Crippen LogP contribution < -0.4 is 16.0 Å². The van der Waals surface area contributed by atoms with E-state index in [1.807, 2.05) is 6.07 Å². The maximum Gasteiger partial charge on any atom is 0.321 e. The molecule has 0 radical (unpaired) electrons. The van der Waals surface area contributed by atoms with Gasteiger partial charge >= 0.3 is 6.03 Å². The van der Waals surface area contributed by atoms with Crippen LogP contribution >= 0.6 is 11.6 Å². The van der Waals surface area contributed by atoms with Crippen molar-refractivity contribution in [2.24, 2.45) is 5.92 Å². The molecule has 9 heteroatoms. The van der Waals surface area contributed by atoms with Crippen LogP contribution in [0.5, 0.6) is 0 Å². The molecule has 1 saturated heterocycles. The number of nitrogens with zero attached hydrogens (tertiary/aromatic N) is 1. The number of carbonyl (C=O) groups excluding carboxylic acids is 3. The van der Waals surface area contributed by atoms with Crippen LogP contribution in [-0.4, -0.2) is 62.1 Å². The van der Waals surface area contributed by atoms with Gasteiger partial charge < -0.3 is 25.6 Å². The van der Waals surface area contributed by atoms with Crippen molar-refractivity contribution in [3.63, 3.8) is 0 Å². The van der Waals surface area contributed by atoms with E-state index in [9.17, 15) is 14.4 Å². The summed E-state index contributed by atoms with van der Waals surface area (Å²) in [7, 11) is 1.56. The zero-order valence-electron chi connectivity index (χ0n) is 18.6. The van der Waals surface area contributed by atoms with Crippen LogP contribution in [0.2, 0.25) is 5.02 Å². The minimum atomic E-state index is -0.701. The van der Waals surface area contributed by atoms with Gasteiger partial charge in [-0.3, -0.25) is 9.59 Å². The molecule has 0 spiro atoms. The van der Waals surface area contributed by atoms with Crippen LogP contribution in [0.4, 0.5) is 10.5 Å². The van der Waals surface area contributed by atoms with E-state index in [4.69, 9.17) is 16.3 Å². The van der Waals surface area contributed by atoms with Gasteiger partial charge in [-0.05, 0) is 49.1 Å². The number of hydrogen-bond donors (Lipinski definition) is 3. The number of nitrogens with one attached hydrogen (secondary N) is 3. The highest BCUT2D eigenvalue weighted by atomic mass is 35.5. The van der Waals surface area contributed by atoms with Crippen molar-refractivity contribution >= 4 is 35.1 Å². The van der Waals surface area contributed by atoms with E-state index in [0.717, 1.165) is 0 Å². The number of hydrogen-bond acceptors (Lipinski definition) is 4. The summed E-state index contributed by atoms with van der Waals surface area (Å²) in [4.78, 5) is 40.0. The number of carbonyl (C=O) groups is 3. The Balaban J connectivity index is 1.61. The number of likely N-dealkylation sites (tertiary alicyclic amines) is 1. The number of methoxy groups -OCH3 is 1. The molecule has 2 aromatic rings. The number of halogens is 1. The molecule has 3 N–H and O–H groups in total. The van der Waals surface area contributed by atoms with Crippen LogP contribution in [0.15, 0.2) is 54.6 Å². The minimum absolute atomic E-state index is 0.101. The Morgan fingerprint density at radius 2 is 1.82 bits per heavy atom. The SMILES string of the molecule is COCCNC(=O)C(NC(=O)c1ccccc1)C1CCN(C(=O)Nc2cccc(Cl)c2)CC1. The number of rotatable bonds is 8. The molecular formula is C24H29ClN4O4. The van der Waals surface area contributed by atoms with E-state index in [1.54, 1.807) is 60.5 Å². The van der Waals surface area contributed by atoms with Crippen LogP contribution in [0.25, 0.3) is 0 Å². The lowest BCUT2D eigenvalue weighted by molar-refractivity contribution is -0.124. The summed E-state index contributed by atoms with van der Waals surface area (Å²) in [6.45, 7) is 1.68. The molecule has 1 fully saturated rings. The molecule has 176 valence electrons. The van der Waals surface area contributed by atoms with E-state index in [2.05, 4.69) is 16.0 Å². The minimum Gasteiger partial charge on any atom is -0.383 e. The molecule has 1 aliphatic heterocycles. The van der Waals surface area contributed by atoms with Crippen LogP contribution in [0.3, 0.4) is 0 Å². The van der Waals surface area contributed by atoms with Gasteiger partial charge in [0.25, 0.3) is 5.91 Å². The molecule has 1 aliphatic rings. The van der Waals surface area contributed by atoms with E-state index in [1.165, 1.54) is 0 Å². The predicted molar refractivity (Wildman–Crippen MR) is 127 cm³/mol. The lowest BCUT2D eigenvalue weighted by Gasteiger charge is -2.35. The monoisotopic (exact) mass is 472 g/mol. The first kappa shape index (κ1) is 24.5. The Morgan fingerprint density at radius 3 is 2.48 bits per heavy atom. The number of benzene rings is 2. The number of anilines is 1. The second-order valence-corrected chi connectivity index (χ2v) is 8.30. The lowest BCUT2D eigenvalue weighted by Crippen LogP contribution is -2.54. The molecule has 0 aliphatic carbocycles. The van der Waals surface area contributed by atoms with E-state index in [-0.39, 0.29) is 23.8 Å². The zero-order valence-corrected chi connectivity index (χ0v) is 19.3. The summed E-state index contributed by atoms with van der Waals surface area (Å²) in [6, 6.07) is 14.8. The van der Waals surface area contributed by atoms with Crippen LogP contribution in [-0.2, 0) is 9.53 Å². The highest BCUT2D eigenvalue weighted by Gasteiger charge is 2.34. The largest absolute Gasteiger partial charge is 0.383 e. The molecule has 2 aromatic carbocycles. The summed E-state index contributed by atoms with van der Waals surface area (Å²) in [5, 5.41) is 9.11. The summed E-state index contributed by atoms with van der Waals surface area (Å²) >= 11 is 5.98. The fourth-order valence-corrected chi connectivity index (χ4v) is 3.99. The Kier molecular flexibility index (Phi) is 9.09. The van der Waals surface area contributed by atoms with Gasteiger partial charge in [-0.15, -0.1) is 0 Å². The van der Waals surface area contributed by atoms with Crippen molar-refractivity contribution in [1.29, 1.82) is 0 Å². The molecule has 1 unspecified atom stereocenters. The van der Waals surface area contributed by atoms with Gasteiger partial charge in [-0.2, -0.15) is 0 Å². The molecule has 0 saturated carbocycles. The van der Waals surface area contributed by atoms with Gasteiger partial charge in [-0.25, -0.2) is 4.79 Å². The molecule has 0 aromatic heterocycles. The molecular weight excluding hydrogens is 444 g/mol. The van der Waals surface area contributed by atoms with Crippen LogP contribution in [0, 0.1) is 5.92 Å². The van der Waals surface area contributed by atoms with Crippen molar-refractivity contribution in [3.8, 4) is 0 Å². The zero-order chi connectivity index (χ0) is 23.6. The first-order valence-electron chi connectivity index (χ1n) is 10.9. The third kappa shape index (κ3) is 7.20. The second-order valence-electron chi connectivity index (χ2n) is 7.87. The molecule has 1 heterocycles. The molecule has 0 bridgehead atoms. The predicted octanol–water partition coefficient (Wildman–Crippen LogP) is 3.15. The Hall–Kier alpha value is -3.10. The maximum absolute atomic E-state index is 12.9. The normalized spacial score (nSPS) is 14.9. The summed E-state index contributed by atoms with van der Waals surface area (Å²) in [5.41, 5.74) is 1.12. The van der Waals surface area contributed by atoms with Gasteiger partial charge in [0.2, 0.25) is 5.91 Å². The van der Waals surface area contributed by atoms with Gasteiger partial charge in [0.15, 0.2) is 0 Å². The van der Waals surface area contributed by atoms with Gasteiger partial charge in [0.05, 0.1) is 6.61 Å². The summed E-state index contributed by atoms with van der Waals surface area (Å²) in [6.07, 6.45) is 1.17. The highest BCUT2D eigenvalue weighted by Crippen LogP contribution is 2.23. The number of ether oxygens (including phenoxy) is 1. The first-order valence-corrected chi connectivity index (χ1v) is 11.3. The number of urea groups is 1. The van der Waals surface area contributed by atoms with Crippen molar-refractivity contribution in [3.05, 3.63) is 65.2 Å². The maximum atomic E-state index is 12.9. The lowest BCUT2D eigenvalue weighted by atomic mass is 9.88. The third-order valence-electron chi connectivity index (χ3n) is 5.58. The second kappa shape index (κ2) is 12.2. The van der Waals surface area contributed by atoms with E-state index < -0.39 is 6.04 Å². The van der Waals surface area contributed by atoms with Gasteiger partial charge in [0, 0.05) is 43.0 Å². The average Bonchev–Trinajstić information content (AvgIpc) is 2.83.